The van der Waals surface area contributed by atoms with Gasteiger partial charge in [-0.25, -0.2) is 0 Å². The second kappa shape index (κ2) is 4.14. The van der Waals surface area contributed by atoms with Crippen LogP contribution >= 0.6 is 11.6 Å². The van der Waals surface area contributed by atoms with Crippen LogP contribution in [-0.4, -0.2) is 16.7 Å². The number of pyridine rings is 1. The van der Waals surface area contributed by atoms with Crippen molar-refractivity contribution in [3.8, 4) is 0 Å². The average Bonchev–Trinajstić information content (AvgIpc) is 2.29. The van der Waals surface area contributed by atoms with Gasteiger partial charge in [-0.1, -0.05) is 17.7 Å². The van der Waals surface area contributed by atoms with E-state index in [4.69, 9.17) is 22.4 Å². The third-order valence-electron chi connectivity index (χ3n) is 2.34. The molecule has 0 aliphatic carbocycles. The Morgan fingerprint density at radius 2 is 2.20 bits per heavy atom. The highest BCUT2D eigenvalue weighted by Crippen LogP contribution is 2.27. The van der Waals surface area contributed by atoms with E-state index >= 15 is 0 Å². The van der Waals surface area contributed by atoms with Crippen molar-refractivity contribution in [3.05, 3.63) is 41.0 Å². The number of nitrogens with zero attached hydrogens (tertiary/aromatic N) is 1. The maximum absolute atomic E-state index is 9.03. The van der Waals surface area contributed by atoms with Gasteiger partial charge in [0.25, 0.3) is 0 Å². The average molecular weight is 223 g/mol. The normalized spacial score (nSPS) is 13.0. The van der Waals surface area contributed by atoms with Crippen molar-refractivity contribution in [2.75, 3.05) is 6.61 Å². The summed E-state index contributed by atoms with van der Waals surface area (Å²) in [7, 11) is 0. The van der Waals surface area contributed by atoms with Crippen molar-refractivity contribution in [1.29, 1.82) is 0 Å². The summed E-state index contributed by atoms with van der Waals surface area (Å²) in [6, 6.07) is 6.87. The van der Waals surface area contributed by atoms with E-state index in [1.165, 1.54) is 0 Å². The van der Waals surface area contributed by atoms with Crippen LogP contribution in [0.5, 0.6) is 0 Å². The van der Waals surface area contributed by atoms with E-state index in [1.807, 2.05) is 12.1 Å². The molecule has 0 saturated carbocycles. The summed E-state index contributed by atoms with van der Waals surface area (Å²) in [6.45, 7) is -0.104. The molecule has 0 bridgehead atoms. The van der Waals surface area contributed by atoms with E-state index in [-0.39, 0.29) is 6.61 Å². The Hall–Kier alpha value is -1.16. The number of aliphatic hydroxyl groups excluding tert-OH is 1. The minimum Gasteiger partial charge on any atom is -0.394 e. The van der Waals surface area contributed by atoms with Gasteiger partial charge in [0.2, 0.25) is 0 Å². The summed E-state index contributed by atoms with van der Waals surface area (Å²) in [4.78, 5) is 4.24. The minimum absolute atomic E-state index is 0.104. The molecule has 0 saturated heterocycles. The number of aliphatic hydroxyl groups is 1. The molecule has 3 nitrogen and oxygen atoms in total. The largest absolute Gasteiger partial charge is 0.394 e. The molecule has 2 rings (SSSR count). The van der Waals surface area contributed by atoms with E-state index in [2.05, 4.69) is 4.98 Å². The summed E-state index contributed by atoms with van der Waals surface area (Å²) in [5.41, 5.74) is 7.35. The maximum atomic E-state index is 9.03. The molecular weight excluding hydrogens is 212 g/mol. The molecule has 0 aliphatic heterocycles. The zero-order valence-electron chi connectivity index (χ0n) is 8.02. The van der Waals surface area contributed by atoms with Gasteiger partial charge in [-0.15, -0.1) is 0 Å². The van der Waals surface area contributed by atoms with Gasteiger partial charge in [-0.2, -0.15) is 0 Å². The first-order valence-corrected chi connectivity index (χ1v) is 5.01. The predicted molar refractivity (Wildman–Crippen MR) is 60.8 cm³/mol. The standard InChI is InChI=1S/C11H11ClN2O/c12-9-4-3-8(10(13)6-15)11-7(9)2-1-5-14-11/h1-5,10,15H,6,13H2. The number of hydrogen-bond donors (Lipinski definition) is 2. The summed E-state index contributed by atoms with van der Waals surface area (Å²) in [5.74, 6) is 0. The van der Waals surface area contributed by atoms with Crippen LogP contribution in [0.15, 0.2) is 30.5 Å². The fourth-order valence-electron chi connectivity index (χ4n) is 1.56. The quantitative estimate of drug-likeness (QED) is 0.816. The Morgan fingerprint density at radius 3 is 2.93 bits per heavy atom. The molecule has 1 aromatic carbocycles. The molecule has 4 heteroatoms. The van der Waals surface area contributed by atoms with E-state index in [1.54, 1.807) is 18.3 Å². The summed E-state index contributed by atoms with van der Waals surface area (Å²) >= 11 is 6.03. The van der Waals surface area contributed by atoms with Crippen LogP contribution in [0.1, 0.15) is 11.6 Å². The number of nitrogens with two attached hydrogens (primary N) is 1. The van der Waals surface area contributed by atoms with Crippen molar-refractivity contribution >= 4 is 22.5 Å². The molecule has 1 aromatic heterocycles. The molecule has 0 amide bonds. The molecule has 15 heavy (non-hydrogen) atoms. The first-order chi connectivity index (χ1) is 7.24. The molecule has 0 fully saturated rings. The van der Waals surface area contributed by atoms with Crippen molar-refractivity contribution < 1.29 is 5.11 Å². The number of hydrogen-bond acceptors (Lipinski definition) is 3. The van der Waals surface area contributed by atoms with Crippen LogP contribution < -0.4 is 5.73 Å². The van der Waals surface area contributed by atoms with Crippen LogP contribution in [0.4, 0.5) is 0 Å². The first-order valence-electron chi connectivity index (χ1n) is 4.63. The SMILES string of the molecule is NC(CO)c1ccc(Cl)c2cccnc12. The van der Waals surface area contributed by atoms with E-state index in [0.29, 0.717) is 5.02 Å². The Bertz CT molecular complexity index is 487. The lowest BCUT2D eigenvalue weighted by molar-refractivity contribution is 0.268. The van der Waals surface area contributed by atoms with Crippen LogP contribution in [0.2, 0.25) is 5.02 Å². The van der Waals surface area contributed by atoms with Gasteiger partial charge in [-0.05, 0) is 23.8 Å². The van der Waals surface area contributed by atoms with Gasteiger partial charge in [0.1, 0.15) is 0 Å². The lowest BCUT2D eigenvalue weighted by Crippen LogP contribution is -2.15. The molecule has 0 radical (unpaired) electrons. The number of rotatable bonds is 2. The van der Waals surface area contributed by atoms with Gasteiger partial charge in [0.05, 0.1) is 18.2 Å². The van der Waals surface area contributed by atoms with E-state index in [9.17, 15) is 0 Å². The fourth-order valence-corrected chi connectivity index (χ4v) is 1.77. The van der Waals surface area contributed by atoms with E-state index < -0.39 is 6.04 Å². The summed E-state index contributed by atoms with van der Waals surface area (Å²) in [6.07, 6.45) is 1.69. The Balaban J connectivity index is 2.71. The number of halogens is 1. The third-order valence-corrected chi connectivity index (χ3v) is 2.67. The summed E-state index contributed by atoms with van der Waals surface area (Å²) < 4.78 is 0. The van der Waals surface area contributed by atoms with Crippen molar-refractivity contribution in [2.45, 2.75) is 6.04 Å². The Labute approximate surface area is 92.5 Å². The molecule has 1 heterocycles. The van der Waals surface area contributed by atoms with Crippen LogP contribution in [0.25, 0.3) is 10.9 Å². The number of fused-ring (bicyclic) bond motifs is 1. The summed E-state index contributed by atoms with van der Waals surface area (Å²) in [5, 5.41) is 10.5. The molecule has 1 atom stereocenters. The lowest BCUT2D eigenvalue weighted by atomic mass is 10.0. The van der Waals surface area contributed by atoms with Crippen LogP contribution in [-0.2, 0) is 0 Å². The highest BCUT2D eigenvalue weighted by molar-refractivity contribution is 6.35. The zero-order valence-corrected chi connectivity index (χ0v) is 8.78. The Morgan fingerprint density at radius 1 is 1.40 bits per heavy atom. The molecule has 78 valence electrons. The predicted octanol–water partition coefficient (Wildman–Crippen LogP) is 1.88. The molecule has 3 N–H and O–H groups in total. The second-order valence-corrected chi connectivity index (χ2v) is 3.73. The maximum Gasteiger partial charge on any atom is 0.0765 e. The van der Waals surface area contributed by atoms with Crippen molar-refractivity contribution in [2.24, 2.45) is 5.73 Å². The highest BCUT2D eigenvalue weighted by atomic mass is 35.5. The lowest BCUT2D eigenvalue weighted by Gasteiger charge is -2.11. The van der Waals surface area contributed by atoms with Crippen molar-refractivity contribution in [3.63, 3.8) is 0 Å². The zero-order chi connectivity index (χ0) is 10.8. The van der Waals surface area contributed by atoms with Gasteiger partial charge in [0, 0.05) is 16.6 Å². The molecule has 2 aromatic rings. The number of aromatic nitrogens is 1. The Kier molecular flexibility index (Phi) is 2.86. The molecular formula is C11H11ClN2O. The highest BCUT2D eigenvalue weighted by Gasteiger charge is 2.11. The minimum atomic E-state index is -0.417. The van der Waals surface area contributed by atoms with Gasteiger partial charge in [-0.3, -0.25) is 4.98 Å². The third kappa shape index (κ3) is 1.81. The van der Waals surface area contributed by atoms with Gasteiger partial charge < -0.3 is 10.8 Å². The molecule has 1 unspecified atom stereocenters. The molecule has 0 spiro atoms. The fraction of sp³-hybridized carbons (Fsp3) is 0.182. The smallest absolute Gasteiger partial charge is 0.0765 e. The topological polar surface area (TPSA) is 59.1 Å². The second-order valence-electron chi connectivity index (χ2n) is 3.33. The van der Waals surface area contributed by atoms with Crippen molar-refractivity contribution in [1.82, 2.24) is 4.98 Å². The van der Waals surface area contributed by atoms with E-state index in [0.717, 1.165) is 16.5 Å². The number of benzene rings is 1. The van der Waals surface area contributed by atoms with Crippen LogP contribution in [0, 0.1) is 0 Å². The molecule has 0 aliphatic rings. The monoisotopic (exact) mass is 222 g/mol. The van der Waals surface area contributed by atoms with Gasteiger partial charge >= 0.3 is 0 Å². The van der Waals surface area contributed by atoms with Crippen LogP contribution in [0.3, 0.4) is 0 Å². The first kappa shape index (κ1) is 10.4. The van der Waals surface area contributed by atoms with Gasteiger partial charge in [0.15, 0.2) is 0 Å².